The van der Waals surface area contributed by atoms with E-state index in [2.05, 4.69) is 60.7 Å². The molecule has 0 fully saturated rings. The summed E-state index contributed by atoms with van der Waals surface area (Å²) in [7, 11) is 0. The molecule has 0 bridgehead atoms. The molecule has 0 aliphatic rings. The summed E-state index contributed by atoms with van der Waals surface area (Å²) in [4.78, 5) is 4.47. The molecule has 3 rings (SSSR count). The Kier molecular flexibility index (Phi) is 4.01. The molecule has 21 heavy (non-hydrogen) atoms. The number of hydrogen-bond acceptors (Lipinski definition) is 3. The molecule has 0 radical (unpaired) electrons. The molecular weight excluding hydrogens is 328 g/mol. The van der Waals surface area contributed by atoms with Crippen molar-refractivity contribution in [2.45, 2.75) is 13.5 Å². The number of nitrogens with zero attached hydrogens (tertiary/aromatic N) is 2. The van der Waals surface area contributed by atoms with Gasteiger partial charge in [0.25, 0.3) is 0 Å². The summed E-state index contributed by atoms with van der Waals surface area (Å²) < 4.78 is 1.02. The summed E-state index contributed by atoms with van der Waals surface area (Å²) in [5.74, 6) is 0.883. The lowest BCUT2D eigenvalue weighted by atomic mass is 10.1. The third-order valence-electron chi connectivity index (χ3n) is 3.26. The summed E-state index contributed by atoms with van der Waals surface area (Å²) in [6.07, 6.45) is 1.76. The van der Waals surface area contributed by atoms with Crippen molar-refractivity contribution in [2.24, 2.45) is 0 Å². The Bertz CT molecular complexity index is 721. The molecule has 0 saturated heterocycles. The van der Waals surface area contributed by atoms with Gasteiger partial charge in [0.15, 0.2) is 0 Å². The van der Waals surface area contributed by atoms with Crippen molar-refractivity contribution in [3.05, 3.63) is 64.4 Å². The zero-order valence-corrected chi connectivity index (χ0v) is 13.2. The molecule has 0 atom stereocenters. The fourth-order valence-corrected chi connectivity index (χ4v) is 2.27. The van der Waals surface area contributed by atoms with Crippen LogP contribution in [-0.4, -0.2) is 15.2 Å². The maximum absolute atomic E-state index is 4.47. The van der Waals surface area contributed by atoms with Gasteiger partial charge >= 0.3 is 0 Å². The van der Waals surface area contributed by atoms with Crippen LogP contribution in [0.15, 0.2) is 53.1 Å². The first-order chi connectivity index (χ1) is 10.2. The van der Waals surface area contributed by atoms with Crippen LogP contribution >= 0.6 is 15.9 Å². The van der Waals surface area contributed by atoms with Crippen LogP contribution in [0.1, 0.15) is 11.3 Å². The van der Waals surface area contributed by atoms with E-state index in [1.807, 2.05) is 25.1 Å². The molecule has 0 aliphatic heterocycles. The molecule has 3 aromatic rings. The lowest BCUT2D eigenvalue weighted by molar-refractivity contribution is 1.08. The third-order valence-corrected chi connectivity index (χ3v) is 4.10. The van der Waals surface area contributed by atoms with E-state index in [1.165, 1.54) is 5.56 Å². The number of halogens is 1. The maximum atomic E-state index is 4.47. The fraction of sp³-hybridized carbons (Fsp3) is 0.125. The minimum Gasteiger partial charge on any atom is -0.366 e. The zero-order valence-electron chi connectivity index (χ0n) is 11.6. The van der Waals surface area contributed by atoms with Crippen LogP contribution in [0.4, 0.5) is 5.82 Å². The van der Waals surface area contributed by atoms with E-state index in [0.29, 0.717) is 0 Å². The van der Waals surface area contributed by atoms with Crippen LogP contribution < -0.4 is 5.32 Å². The molecule has 1 aromatic carbocycles. The summed E-state index contributed by atoms with van der Waals surface area (Å²) in [6.45, 7) is 2.73. The predicted octanol–water partition coefficient (Wildman–Crippen LogP) is 4.15. The minimum atomic E-state index is 0.747. The molecule has 2 N–H and O–H groups in total. The average Bonchev–Trinajstić information content (AvgIpc) is 3.03. The highest BCUT2D eigenvalue weighted by molar-refractivity contribution is 9.10. The van der Waals surface area contributed by atoms with Crippen LogP contribution in [0.5, 0.6) is 0 Å². The highest BCUT2D eigenvalue weighted by atomic mass is 79.9. The molecule has 0 unspecified atom stereocenters. The molecule has 2 heterocycles. The topological polar surface area (TPSA) is 53.6 Å². The van der Waals surface area contributed by atoms with Crippen LogP contribution in [0, 0.1) is 6.92 Å². The predicted molar refractivity (Wildman–Crippen MR) is 88.0 cm³/mol. The Balaban J connectivity index is 1.66. The van der Waals surface area contributed by atoms with E-state index in [-0.39, 0.29) is 0 Å². The van der Waals surface area contributed by atoms with Crippen LogP contribution in [0.3, 0.4) is 0 Å². The van der Waals surface area contributed by atoms with Gasteiger partial charge in [-0.1, -0.05) is 24.3 Å². The van der Waals surface area contributed by atoms with Crippen molar-refractivity contribution in [2.75, 3.05) is 5.32 Å². The number of benzene rings is 1. The first-order valence-electron chi connectivity index (χ1n) is 6.68. The molecule has 0 spiro atoms. The lowest BCUT2D eigenvalue weighted by Crippen LogP contribution is -2.02. The lowest BCUT2D eigenvalue weighted by Gasteiger charge is -2.08. The van der Waals surface area contributed by atoms with Gasteiger partial charge in [0.1, 0.15) is 5.82 Å². The Morgan fingerprint density at radius 1 is 1.10 bits per heavy atom. The van der Waals surface area contributed by atoms with E-state index < -0.39 is 0 Å². The zero-order chi connectivity index (χ0) is 14.7. The van der Waals surface area contributed by atoms with Crippen molar-refractivity contribution in [1.29, 1.82) is 0 Å². The standard InChI is InChI=1S/C16H15BrN4/c1-11-14(17)6-7-16(20-11)18-10-12-2-4-13(5-3-12)15-8-9-19-21-15/h2-9H,10H2,1H3,(H,18,20)(H,19,21). The van der Waals surface area contributed by atoms with E-state index in [4.69, 9.17) is 0 Å². The number of rotatable bonds is 4. The minimum absolute atomic E-state index is 0.747. The van der Waals surface area contributed by atoms with Crippen molar-refractivity contribution in [3.63, 3.8) is 0 Å². The fourth-order valence-electron chi connectivity index (χ4n) is 2.05. The Morgan fingerprint density at radius 2 is 1.90 bits per heavy atom. The van der Waals surface area contributed by atoms with Crippen molar-refractivity contribution < 1.29 is 0 Å². The first kappa shape index (κ1) is 13.8. The number of aromatic nitrogens is 3. The summed E-state index contributed by atoms with van der Waals surface area (Å²) >= 11 is 3.45. The van der Waals surface area contributed by atoms with E-state index in [1.54, 1.807) is 6.20 Å². The maximum Gasteiger partial charge on any atom is 0.126 e. The van der Waals surface area contributed by atoms with E-state index >= 15 is 0 Å². The molecule has 5 heteroatoms. The number of aryl methyl sites for hydroxylation is 1. The molecule has 0 amide bonds. The molecule has 0 saturated carbocycles. The van der Waals surface area contributed by atoms with Crippen LogP contribution in [0.2, 0.25) is 0 Å². The Hall–Kier alpha value is -2.14. The molecule has 106 valence electrons. The van der Waals surface area contributed by atoms with Gasteiger partial charge in [-0.2, -0.15) is 5.10 Å². The van der Waals surface area contributed by atoms with Gasteiger partial charge in [-0.25, -0.2) is 4.98 Å². The number of anilines is 1. The number of aromatic amines is 1. The van der Waals surface area contributed by atoms with Crippen molar-refractivity contribution >= 4 is 21.7 Å². The van der Waals surface area contributed by atoms with Gasteiger partial charge in [-0.05, 0) is 52.2 Å². The third kappa shape index (κ3) is 3.31. The van der Waals surface area contributed by atoms with Gasteiger partial charge in [-0.15, -0.1) is 0 Å². The number of hydrogen-bond donors (Lipinski definition) is 2. The highest BCUT2D eigenvalue weighted by Crippen LogP contribution is 2.18. The van der Waals surface area contributed by atoms with Crippen LogP contribution in [0.25, 0.3) is 11.3 Å². The highest BCUT2D eigenvalue weighted by Gasteiger charge is 2.01. The normalized spacial score (nSPS) is 10.6. The number of pyridine rings is 1. The Morgan fingerprint density at radius 3 is 2.57 bits per heavy atom. The van der Waals surface area contributed by atoms with Crippen molar-refractivity contribution in [3.8, 4) is 11.3 Å². The molecule has 2 aromatic heterocycles. The van der Waals surface area contributed by atoms with Crippen LogP contribution in [-0.2, 0) is 6.54 Å². The summed E-state index contributed by atoms with van der Waals surface area (Å²) in [5.41, 5.74) is 4.35. The monoisotopic (exact) mass is 342 g/mol. The summed E-state index contributed by atoms with van der Waals surface area (Å²) in [5, 5.41) is 10.3. The summed E-state index contributed by atoms with van der Waals surface area (Å²) in [6, 6.07) is 14.3. The average molecular weight is 343 g/mol. The van der Waals surface area contributed by atoms with E-state index in [9.17, 15) is 0 Å². The smallest absolute Gasteiger partial charge is 0.126 e. The second-order valence-electron chi connectivity index (χ2n) is 4.78. The molecule has 0 aliphatic carbocycles. The van der Waals surface area contributed by atoms with Crippen molar-refractivity contribution in [1.82, 2.24) is 15.2 Å². The van der Waals surface area contributed by atoms with Gasteiger partial charge in [0.05, 0.1) is 11.4 Å². The second-order valence-corrected chi connectivity index (χ2v) is 5.64. The van der Waals surface area contributed by atoms with Gasteiger partial charge in [0.2, 0.25) is 0 Å². The SMILES string of the molecule is Cc1nc(NCc2ccc(-c3ccn[nH]3)cc2)ccc1Br. The van der Waals surface area contributed by atoms with Gasteiger partial charge < -0.3 is 5.32 Å². The number of nitrogens with one attached hydrogen (secondary N) is 2. The van der Waals surface area contributed by atoms with E-state index in [0.717, 1.165) is 33.8 Å². The molecular formula is C16H15BrN4. The van der Waals surface area contributed by atoms with Gasteiger partial charge in [-0.3, -0.25) is 5.10 Å². The second kappa shape index (κ2) is 6.10. The largest absolute Gasteiger partial charge is 0.366 e. The Labute approximate surface area is 131 Å². The van der Waals surface area contributed by atoms with Gasteiger partial charge in [0, 0.05) is 17.2 Å². The quantitative estimate of drug-likeness (QED) is 0.748. The molecule has 4 nitrogen and oxygen atoms in total. The first-order valence-corrected chi connectivity index (χ1v) is 7.47. The number of H-pyrrole nitrogens is 1.